The second-order valence-electron chi connectivity index (χ2n) is 0. The molecule has 0 unspecified atom stereocenters. The van der Waals surface area contributed by atoms with Crippen molar-refractivity contribution in [2.24, 2.45) is 0 Å². The van der Waals surface area contributed by atoms with E-state index in [-0.39, 0.29) is 56.1 Å². The molecule has 0 aromatic rings. The summed E-state index contributed by atoms with van der Waals surface area (Å²) in [5, 5.41) is 0. The van der Waals surface area contributed by atoms with Crippen LogP contribution in [-0.2, 0) is 0 Å². The summed E-state index contributed by atoms with van der Waals surface area (Å²) in [5.74, 6) is 0. The molecule has 0 aliphatic heterocycles. The number of hydrogen-bond acceptors (Lipinski definition) is 0. The van der Waals surface area contributed by atoms with E-state index < -0.39 is 0 Å². The van der Waals surface area contributed by atoms with E-state index in [0.717, 1.165) is 0 Å². The molecule has 0 saturated carbocycles. The van der Waals surface area contributed by atoms with Crippen molar-refractivity contribution >= 4 is 8.38 Å². The molecule has 0 rings (SSSR count). The largest absolute Gasteiger partial charge is 1.00 e. The van der Waals surface area contributed by atoms with Gasteiger partial charge in [0, 0.05) is 8.38 Å². The van der Waals surface area contributed by atoms with Gasteiger partial charge < -0.3 is 4.70 Å². The Morgan fingerprint density at radius 3 is 0.636 bits per heavy atom. The molecule has 0 fully saturated rings. The second kappa shape index (κ2) is 494. The normalized spacial score (nSPS) is 2.73. The van der Waals surface area contributed by atoms with Gasteiger partial charge in [0.15, 0.2) is 0 Å². The van der Waals surface area contributed by atoms with Crippen molar-refractivity contribution < 1.29 is 56.1 Å². The Morgan fingerprint density at radius 2 is 0.636 bits per heavy atom. The van der Waals surface area contributed by atoms with Gasteiger partial charge in [-0.25, -0.2) is 0 Å². The fourth-order valence-corrected chi connectivity index (χ4v) is 0. The van der Waals surface area contributed by atoms with Gasteiger partial charge in [-0.1, -0.05) is 55.4 Å². The summed E-state index contributed by atoms with van der Waals surface area (Å²) in [7, 11) is 3.75. The number of rotatable bonds is 0. The third-order valence-corrected chi connectivity index (χ3v) is 0. The first-order valence-electron chi connectivity index (χ1n) is 4.58. The van der Waals surface area contributed by atoms with Crippen molar-refractivity contribution in [3.05, 3.63) is 0 Å². The molecular formula is C8H25BFK. The minimum Gasteiger partial charge on any atom is -1.00 e. The van der Waals surface area contributed by atoms with Gasteiger partial charge in [-0.2, -0.15) is 0 Å². The molecule has 0 amide bonds. The van der Waals surface area contributed by atoms with Crippen molar-refractivity contribution in [3.63, 3.8) is 0 Å². The smallest absolute Gasteiger partial charge is 1.00 e. The molecule has 0 spiro atoms. The molecule has 2 radical (unpaired) electrons. The number of hydrogen-bond donors (Lipinski definition) is 0. The molecule has 3 heteroatoms. The maximum atomic E-state index is 5.25. The third-order valence-electron chi connectivity index (χ3n) is 0. The summed E-state index contributed by atoms with van der Waals surface area (Å²) in [6, 6.07) is 0. The van der Waals surface area contributed by atoms with Crippen molar-refractivity contribution in [1.29, 1.82) is 1.34 Å². The third kappa shape index (κ3) is 405. The molecule has 0 aliphatic carbocycles. The van der Waals surface area contributed by atoms with E-state index in [9.17, 15) is 0 Å². The molecular weight excluding hydrogens is 165 g/mol. The van der Waals surface area contributed by atoms with Crippen molar-refractivity contribution in [1.82, 2.24) is 0 Å². The molecule has 11 heavy (non-hydrogen) atoms. The molecule has 0 aromatic heterocycles. The van der Waals surface area contributed by atoms with E-state index in [4.69, 9.17) is 1.34 Å². The minimum atomic E-state index is 0. The average Bonchev–Trinajstić information content (AvgIpc) is 2.20. The summed E-state index contributed by atoms with van der Waals surface area (Å²) in [6.45, 7) is 16.0. The fraction of sp³-hybridized carbons (Fsp3) is 1.00. The second-order valence-corrected chi connectivity index (χ2v) is 0. The Bertz CT molecular complexity index is 19.0. The molecule has 0 atom stereocenters. The van der Waals surface area contributed by atoms with Gasteiger partial charge in [-0.05, 0) is 1.34 Å². The van der Waals surface area contributed by atoms with E-state index in [1.54, 1.807) is 0 Å². The average molecular weight is 191 g/mol. The van der Waals surface area contributed by atoms with Crippen LogP contribution in [-0.4, -0.2) is 9.71 Å². The zero-order chi connectivity index (χ0) is 10.0. The van der Waals surface area contributed by atoms with E-state index in [1.165, 1.54) is 0 Å². The molecule has 0 nitrogen and oxygen atoms in total. The zero-order valence-corrected chi connectivity index (χ0v) is 13.1. The van der Waals surface area contributed by atoms with Crippen LogP contribution in [0.15, 0.2) is 0 Å². The van der Waals surface area contributed by atoms with Crippen LogP contribution in [0.1, 0.15) is 55.4 Å². The van der Waals surface area contributed by atoms with E-state index in [2.05, 4.69) is 8.38 Å². The van der Waals surface area contributed by atoms with Crippen molar-refractivity contribution in [2.75, 3.05) is 0 Å². The maximum Gasteiger partial charge on any atom is 1.00 e. The fourth-order valence-electron chi connectivity index (χ4n) is 0. The molecule has 0 aliphatic rings. The van der Waals surface area contributed by atoms with Crippen molar-refractivity contribution in [3.8, 4) is 0 Å². The van der Waals surface area contributed by atoms with E-state index in [1.807, 2.05) is 55.4 Å². The van der Waals surface area contributed by atoms with E-state index in [0.29, 0.717) is 0 Å². The van der Waals surface area contributed by atoms with Crippen LogP contribution in [0.5, 0.6) is 0 Å². The number of halogens is 1. The molecule has 0 bridgehead atoms. The van der Waals surface area contributed by atoms with Gasteiger partial charge in [0.1, 0.15) is 0 Å². The molecule has 0 heterocycles. The van der Waals surface area contributed by atoms with Gasteiger partial charge in [0.05, 0.1) is 0 Å². The summed E-state index contributed by atoms with van der Waals surface area (Å²) in [6.07, 6.45) is 0. The van der Waals surface area contributed by atoms with Gasteiger partial charge in [0.25, 0.3) is 0 Å². The quantitative estimate of drug-likeness (QED) is 0.370. The minimum absolute atomic E-state index is 0. The zero-order valence-electron chi connectivity index (χ0n) is 11.0. The first kappa shape index (κ1) is 38.9. The van der Waals surface area contributed by atoms with Crippen LogP contribution in [0.3, 0.4) is 0 Å². The van der Waals surface area contributed by atoms with Gasteiger partial charge in [0.2, 0.25) is 0 Å². The molecule has 0 aromatic carbocycles. The SMILES string of the molecule is CC.CC.CC.CC.[2H][B].[F-].[K+]. The Hall–Kier alpha value is 1.63. The Labute approximate surface area is 120 Å². The van der Waals surface area contributed by atoms with Gasteiger partial charge in [-0.3, -0.25) is 0 Å². The summed E-state index contributed by atoms with van der Waals surface area (Å²) >= 11 is 0. The maximum absolute atomic E-state index is 5.25. The summed E-state index contributed by atoms with van der Waals surface area (Å²) in [5.41, 5.74) is 0. The predicted molar refractivity (Wildman–Crippen MR) is 52.5 cm³/mol. The summed E-state index contributed by atoms with van der Waals surface area (Å²) < 4.78 is 5.25. The van der Waals surface area contributed by atoms with Crippen LogP contribution < -0.4 is 56.1 Å². The van der Waals surface area contributed by atoms with E-state index >= 15 is 0 Å². The Balaban J connectivity index is -0.00000000500. The van der Waals surface area contributed by atoms with Crippen molar-refractivity contribution in [2.45, 2.75) is 55.4 Å². The Kier molecular flexibility index (Phi) is 1750. The summed E-state index contributed by atoms with van der Waals surface area (Å²) in [4.78, 5) is 0. The van der Waals surface area contributed by atoms with Crippen LogP contribution in [0.2, 0.25) is 0 Å². The molecule has 0 N–H and O–H groups in total. The predicted octanol–water partition coefficient (Wildman–Crippen LogP) is -2.54. The monoisotopic (exact) mass is 191 g/mol. The van der Waals surface area contributed by atoms with Crippen LogP contribution >= 0.6 is 0 Å². The first-order chi connectivity index (χ1) is 5.00. The first-order valence-corrected chi connectivity index (χ1v) is 4.00. The van der Waals surface area contributed by atoms with Crippen LogP contribution in [0, 0.1) is 0 Å². The molecule has 0 saturated heterocycles. The van der Waals surface area contributed by atoms with Gasteiger partial charge >= 0.3 is 51.4 Å². The Morgan fingerprint density at radius 1 is 0.636 bits per heavy atom. The molecule has 68 valence electrons. The topological polar surface area (TPSA) is 0 Å². The van der Waals surface area contributed by atoms with Gasteiger partial charge in [-0.15, -0.1) is 0 Å². The van der Waals surface area contributed by atoms with Crippen LogP contribution in [0.4, 0.5) is 0 Å². The standard InChI is InChI=1S/4C2H6.BH.FH.K/c4*1-2;;;/h4*1-2H3;2*1H;/q;;;;;;+1/p-1/i;;;;1D;;. The van der Waals surface area contributed by atoms with Crippen LogP contribution in [0.25, 0.3) is 0 Å².